The molecule has 1 amide bonds. The Hall–Kier alpha value is -2.25. The van der Waals surface area contributed by atoms with Gasteiger partial charge in [0, 0.05) is 38.9 Å². The predicted octanol–water partition coefficient (Wildman–Crippen LogP) is 2.39. The van der Waals surface area contributed by atoms with Crippen LogP contribution in [0.15, 0.2) is 24.4 Å². The van der Waals surface area contributed by atoms with Crippen molar-refractivity contribution in [2.45, 2.75) is 0 Å². The van der Waals surface area contributed by atoms with Gasteiger partial charge in [0.2, 0.25) is 0 Å². The van der Waals surface area contributed by atoms with E-state index in [1.54, 1.807) is 24.1 Å². The van der Waals surface area contributed by atoms with Gasteiger partial charge < -0.3 is 14.9 Å². The average molecular weight is 383 g/mol. The third-order valence-corrected chi connectivity index (χ3v) is 4.95. The van der Waals surface area contributed by atoms with Crippen LogP contribution in [0.4, 0.5) is 5.69 Å². The van der Waals surface area contributed by atoms with E-state index in [2.05, 4.69) is 10.00 Å². The molecular formula is C16H16Cl2N4O3. The lowest BCUT2D eigenvalue weighted by molar-refractivity contribution is 0.0669. The molecule has 0 saturated carbocycles. The number of carboxylic acids is 1. The first-order chi connectivity index (χ1) is 11.9. The van der Waals surface area contributed by atoms with Crippen molar-refractivity contribution in [1.82, 2.24) is 14.7 Å². The number of benzene rings is 1. The molecule has 0 bridgehead atoms. The molecule has 0 unspecified atom stereocenters. The fourth-order valence-corrected chi connectivity index (χ4v) is 3.14. The van der Waals surface area contributed by atoms with Crippen molar-refractivity contribution in [3.63, 3.8) is 0 Å². The van der Waals surface area contributed by atoms with Crippen LogP contribution in [0.2, 0.25) is 10.0 Å². The first kappa shape index (κ1) is 17.6. The molecular weight excluding hydrogens is 367 g/mol. The second-order valence-corrected chi connectivity index (χ2v) is 6.53. The Morgan fingerprint density at radius 2 is 1.80 bits per heavy atom. The molecule has 132 valence electrons. The van der Waals surface area contributed by atoms with Gasteiger partial charge in [-0.3, -0.25) is 9.48 Å². The highest BCUT2D eigenvalue weighted by Crippen LogP contribution is 2.28. The quantitative estimate of drug-likeness (QED) is 0.881. The Kier molecular flexibility index (Phi) is 4.87. The van der Waals surface area contributed by atoms with Crippen LogP contribution in [0.5, 0.6) is 0 Å². The lowest BCUT2D eigenvalue weighted by atomic mass is 10.2. The molecule has 1 fully saturated rings. The highest BCUT2D eigenvalue weighted by Gasteiger charge is 2.28. The van der Waals surface area contributed by atoms with Gasteiger partial charge in [-0.25, -0.2) is 4.79 Å². The molecule has 2 aromatic rings. The molecule has 0 radical (unpaired) electrons. The molecule has 0 aliphatic carbocycles. The normalized spacial score (nSPS) is 14.7. The zero-order chi connectivity index (χ0) is 18.1. The second-order valence-electron chi connectivity index (χ2n) is 5.71. The number of carboxylic acid groups (broad SMARTS) is 1. The Morgan fingerprint density at radius 1 is 1.12 bits per heavy atom. The number of carbonyl (C=O) groups excluding carboxylic acids is 1. The minimum Gasteiger partial charge on any atom is -0.478 e. The maximum Gasteiger partial charge on any atom is 0.339 e. The third-order valence-electron chi connectivity index (χ3n) is 4.21. The van der Waals surface area contributed by atoms with Gasteiger partial charge in [0.1, 0.15) is 11.3 Å². The number of halogens is 2. The number of aromatic nitrogens is 2. The molecule has 1 aliphatic heterocycles. The largest absolute Gasteiger partial charge is 0.478 e. The lowest BCUT2D eigenvalue weighted by Gasteiger charge is -2.36. The van der Waals surface area contributed by atoms with E-state index in [1.807, 2.05) is 6.07 Å². The summed E-state index contributed by atoms with van der Waals surface area (Å²) in [5.74, 6) is -1.49. The minimum atomic E-state index is -1.16. The molecule has 1 saturated heterocycles. The maximum absolute atomic E-state index is 12.7. The summed E-state index contributed by atoms with van der Waals surface area (Å²) in [6, 6.07) is 5.42. The van der Waals surface area contributed by atoms with Crippen LogP contribution in [0, 0.1) is 0 Å². The van der Waals surface area contributed by atoms with Crippen molar-refractivity contribution in [1.29, 1.82) is 0 Å². The predicted molar refractivity (Wildman–Crippen MR) is 94.7 cm³/mol. The first-order valence-corrected chi connectivity index (χ1v) is 8.38. The van der Waals surface area contributed by atoms with Gasteiger partial charge in [0.05, 0.1) is 16.2 Å². The van der Waals surface area contributed by atoms with E-state index in [1.165, 1.54) is 10.9 Å². The highest BCUT2D eigenvalue weighted by molar-refractivity contribution is 6.42. The van der Waals surface area contributed by atoms with Gasteiger partial charge >= 0.3 is 5.97 Å². The average Bonchev–Trinajstić information content (AvgIpc) is 2.99. The van der Waals surface area contributed by atoms with Crippen molar-refractivity contribution in [3.05, 3.63) is 45.7 Å². The minimum absolute atomic E-state index is 0.0839. The molecule has 7 nitrogen and oxygen atoms in total. The molecule has 3 rings (SSSR count). The summed E-state index contributed by atoms with van der Waals surface area (Å²) in [6.07, 6.45) is 1.20. The topological polar surface area (TPSA) is 78.7 Å². The van der Waals surface area contributed by atoms with E-state index in [-0.39, 0.29) is 17.2 Å². The van der Waals surface area contributed by atoms with Crippen LogP contribution in [0.1, 0.15) is 20.8 Å². The van der Waals surface area contributed by atoms with Gasteiger partial charge in [0.25, 0.3) is 5.91 Å². The number of hydrogen-bond donors (Lipinski definition) is 1. The van der Waals surface area contributed by atoms with E-state index in [0.29, 0.717) is 36.2 Å². The lowest BCUT2D eigenvalue weighted by Crippen LogP contribution is -2.49. The molecule has 1 aromatic heterocycles. The van der Waals surface area contributed by atoms with Crippen molar-refractivity contribution in [3.8, 4) is 0 Å². The zero-order valence-corrected chi connectivity index (χ0v) is 15.0. The Labute approximate surface area is 154 Å². The van der Waals surface area contributed by atoms with Crippen LogP contribution < -0.4 is 4.90 Å². The fourth-order valence-electron chi connectivity index (χ4n) is 2.85. The van der Waals surface area contributed by atoms with E-state index < -0.39 is 5.97 Å². The number of anilines is 1. The number of hydrogen-bond acceptors (Lipinski definition) is 4. The SMILES string of the molecule is Cn1ncc(C(=O)O)c1C(=O)N1CCN(c2ccc(Cl)c(Cl)c2)CC1. The Bertz CT molecular complexity index is 829. The zero-order valence-electron chi connectivity index (χ0n) is 13.4. The van der Waals surface area contributed by atoms with Crippen LogP contribution in [-0.4, -0.2) is 57.8 Å². The standard InChI is InChI=1S/C16H16Cl2N4O3/c1-20-14(11(9-19-20)16(24)25)15(23)22-6-4-21(5-7-22)10-2-3-12(17)13(18)8-10/h2-3,8-9H,4-7H2,1H3,(H,24,25). The van der Waals surface area contributed by atoms with Crippen LogP contribution in [0.25, 0.3) is 0 Å². The molecule has 9 heteroatoms. The molecule has 2 heterocycles. The summed E-state index contributed by atoms with van der Waals surface area (Å²) in [5.41, 5.74) is 0.947. The summed E-state index contributed by atoms with van der Waals surface area (Å²) in [6.45, 7) is 2.18. The van der Waals surface area contributed by atoms with E-state index >= 15 is 0 Å². The van der Waals surface area contributed by atoms with E-state index in [0.717, 1.165) is 5.69 Å². The summed E-state index contributed by atoms with van der Waals surface area (Å²) in [5, 5.41) is 14.1. The van der Waals surface area contributed by atoms with Gasteiger partial charge in [-0.05, 0) is 18.2 Å². The summed E-state index contributed by atoms with van der Waals surface area (Å²) < 4.78 is 1.30. The van der Waals surface area contributed by atoms with Gasteiger partial charge in [-0.15, -0.1) is 0 Å². The van der Waals surface area contributed by atoms with Crippen molar-refractivity contribution >= 4 is 40.8 Å². The first-order valence-electron chi connectivity index (χ1n) is 7.63. The Balaban J connectivity index is 1.72. The number of aromatic carboxylic acids is 1. The summed E-state index contributed by atoms with van der Waals surface area (Å²) >= 11 is 12.0. The number of rotatable bonds is 3. The van der Waals surface area contributed by atoms with Gasteiger partial charge in [-0.2, -0.15) is 5.10 Å². The van der Waals surface area contributed by atoms with Crippen LogP contribution >= 0.6 is 23.2 Å². The molecule has 0 atom stereocenters. The Morgan fingerprint density at radius 3 is 2.40 bits per heavy atom. The number of aryl methyl sites for hydroxylation is 1. The fraction of sp³-hybridized carbons (Fsp3) is 0.312. The van der Waals surface area contributed by atoms with E-state index in [9.17, 15) is 14.7 Å². The molecule has 25 heavy (non-hydrogen) atoms. The number of carbonyl (C=O) groups is 2. The van der Waals surface area contributed by atoms with Crippen molar-refractivity contribution in [2.75, 3.05) is 31.1 Å². The molecule has 1 N–H and O–H groups in total. The van der Waals surface area contributed by atoms with Crippen LogP contribution in [-0.2, 0) is 7.05 Å². The van der Waals surface area contributed by atoms with Crippen LogP contribution in [0.3, 0.4) is 0 Å². The summed E-state index contributed by atoms with van der Waals surface area (Å²) in [4.78, 5) is 27.7. The smallest absolute Gasteiger partial charge is 0.339 e. The maximum atomic E-state index is 12.7. The molecule has 0 spiro atoms. The number of piperazine rings is 1. The monoisotopic (exact) mass is 382 g/mol. The van der Waals surface area contributed by atoms with Gasteiger partial charge in [0.15, 0.2) is 0 Å². The van der Waals surface area contributed by atoms with Crippen molar-refractivity contribution in [2.24, 2.45) is 7.05 Å². The van der Waals surface area contributed by atoms with Gasteiger partial charge in [-0.1, -0.05) is 23.2 Å². The molecule has 1 aliphatic rings. The second kappa shape index (κ2) is 6.93. The number of amides is 1. The van der Waals surface area contributed by atoms with Crippen molar-refractivity contribution < 1.29 is 14.7 Å². The highest BCUT2D eigenvalue weighted by atomic mass is 35.5. The van der Waals surface area contributed by atoms with E-state index in [4.69, 9.17) is 23.2 Å². The third kappa shape index (κ3) is 3.43. The summed E-state index contributed by atoms with van der Waals surface area (Å²) in [7, 11) is 1.56. The molecule has 1 aromatic carbocycles. The number of nitrogens with zero attached hydrogens (tertiary/aromatic N) is 4.